The van der Waals surface area contributed by atoms with E-state index in [1.54, 1.807) is 36.4 Å². The van der Waals surface area contributed by atoms with E-state index in [2.05, 4.69) is 6.58 Å². The lowest BCUT2D eigenvalue weighted by Crippen LogP contribution is -2.27. The Kier molecular flexibility index (Phi) is 7.24. The molecule has 2 aromatic carbocycles. The van der Waals surface area contributed by atoms with Gasteiger partial charge in [0.15, 0.2) is 11.5 Å². The number of amides is 2. The number of ether oxygens (including phenoxy) is 2. The molecule has 1 aliphatic heterocycles. The minimum absolute atomic E-state index is 0.339. The number of rotatable bonds is 8. The smallest absolute Gasteiger partial charge is 0.298 e. The summed E-state index contributed by atoms with van der Waals surface area (Å²) in [6.45, 7) is 8.59. The van der Waals surface area contributed by atoms with E-state index in [-0.39, 0.29) is 11.1 Å². The monoisotopic (exact) mass is 443 g/mol. The number of nitrogens with zero attached hydrogens (tertiary/aromatic N) is 1. The van der Waals surface area contributed by atoms with Crippen LogP contribution in [-0.4, -0.2) is 24.4 Å². The van der Waals surface area contributed by atoms with E-state index >= 15 is 0 Å². The van der Waals surface area contributed by atoms with Crippen LogP contribution in [-0.2, 0) is 11.2 Å². The average Bonchev–Trinajstić information content (AvgIpc) is 2.99. The molecular formula is C23H22ClNO4S. The summed E-state index contributed by atoms with van der Waals surface area (Å²) in [5.41, 5.74) is 2.14. The predicted octanol–water partition coefficient (Wildman–Crippen LogP) is 6.11. The highest BCUT2D eigenvalue weighted by Gasteiger charge is 2.36. The largest absolute Gasteiger partial charge is 0.490 e. The van der Waals surface area contributed by atoms with Gasteiger partial charge in [0.2, 0.25) is 0 Å². The third kappa shape index (κ3) is 4.71. The first-order valence-electron chi connectivity index (χ1n) is 9.55. The molecule has 7 heteroatoms. The molecule has 2 amide bonds. The normalized spacial score (nSPS) is 15.0. The van der Waals surface area contributed by atoms with Gasteiger partial charge >= 0.3 is 0 Å². The highest BCUT2D eigenvalue weighted by atomic mass is 35.5. The van der Waals surface area contributed by atoms with E-state index in [1.807, 2.05) is 26.0 Å². The zero-order chi connectivity index (χ0) is 21.7. The molecule has 156 valence electrons. The van der Waals surface area contributed by atoms with Crippen molar-refractivity contribution in [2.24, 2.45) is 0 Å². The second-order valence-corrected chi connectivity index (χ2v) is 7.79. The number of imide groups is 1. The summed E-state index contributed by atoms with van der Waals surface area (Å²) in [7, 11) is 0. The first kappa shape index (κ1) is 22.0. The lowest BCUT2D eigenvalue weighted by Gasteiger charge is -2.16. The lowest BCUT2D eigenvalue weighted by atomic mass is 10.0. The molecule has 1 fully saturated rings. The number of anilines is 1. The predicted molar refractivity (Wildman–Crippen MR) is 123 cm³/mol. The molecule has 0 bridgehead atoms. The van der Waals surface area contributed by atoms with E-state index < -0.39 is 0 Å². The molecule has 0 radical (unpaired) electrons. The van der Waals surface area contributed by atoms with Gasteiger partial charge < -0.3 is 9.47 Å². The van der Waals surface area contributed by atoms with Crippen LogP contribution in [0, 0.1) is 0 Å². The van der Waals surface area contributed by atoms with Gasteiger partial charge in [-0.2, -0.15) is 0 Å². The van der Waals surface area contributed by atoms with Gasteiger partial charge in [-0.1, -0.05) is 17.7 Å². The lowest BCUT2D eigenvalue weighted by molar-refractivity contribution is -0.113. The minimum atomic E-state index is -0.371. The fourth-order valence-corrected chi connectivity index (χ4v) is 4.04. The zero-order valence-electron chi connectivity index (χ0n) is 16.8. The maximum atomic E-state index is 12.9. The second-order valence-electron chi connectivity index (χ2n) is 6.36. The summed E-state index contributed by atoms with van der Waals surface area (Å²) < 4.78 is 11.5. The molecule has 1 heterocycles. The Morgan fingerprint density at radius 3 is 2.43 bits per heavy atom. The summed E-state index contributed by atoms with van der Waals surface area (Å²) in [6, 6.07) is 10.3. The standard InChI is InChI=1S/C23H22ClNO4S/c1-4-7-16-12-15(13-19(28-5-2)21(16)29-6-3)14-20-22(26)25(23(27)30-20)18-10-8-17(24)9-11-18/h4,8-14H,1,5-7H2,2-3H3/b20-14+. The Morgan fingerprint density at radius 1 is 1.10 bits per heavy atom. The van der Waals surface area contributed by atoms with Gasteiger partial charge in [0.1, 0.15) is 0 Å². The molecule has 1 saturated heterocycles. The summed E-state index contributed by atoms with van der Waals surface area (Å²) in [5.74, 6) is 0.900. The van der Waals surface area contributed by atoms with Crippen molar-refractivity contribution in [2.45, 2.75) is 20.3 Å². The van der Waals surface area contributed by atoms with Crippen molar-refractivity contribution in [2.75, 3.05) is 18.1 Å². The van der Waals surface area contributed by atoms with E-state index in [0.717, 1.165) is 27.8 Å². The molecule has 0 N–H and O–H groups in total. The third-order valence-electron chi connectivity index (χ3n) is 4.28. The molecule has 0 spiro atoms. The Labute approximate surface area is 185 Å². The van der Waals surface area contributed by atoms with Crippen LogP contribution in [0.2, 0.25) is 5.02 Å². The van der Waals surface area contributed by atoms with Gasteiger partial charge in [-0.3, -0.25) is 9.59 Å². The topological polar surface area (TPSA) is 55.8 Å². The second kappa shape index (κ2) is 9.87. The van der Waals surface area contributed by atoms with Crippen molar-refractivity contribution in [3.63, 3.8) is 0 Å². The van der Waals surface area contributed by atoms with Crippen LogP contribution < -0.4 is 14.4 Å². The van der Waals surface area contributed by atoms with Crippen molar-refractivity contribution in [1.29, 1.82) is 0 Å². The molecule has 0 aliphatic carbocycles. The molecule has 0 saturated carbocycles. The molecule has 3 rings (SSSR count). The van der Waals surface area contributed by atoms with Crippen molar-refractivity contribution in [3.05, 3.63) is 70.1 Å². The molecule has 30 heavy (non-hydrogen) atoms. The van der Waals surface area contributed by atoms with Crippen molar-refractivity contribution in [3.8, 4) is 11.5 Å². The Balaban J connectivity index is 1.99. The summed E-state index contributed by atoms with van der Waals surface area (Å²) in [5, 5.41) is 0.185. The van der Waals surface area contributed by atoms with Crippen LogP contribution >= 0.6 is 23.4 Å². The number of hydrogen-bond acceptors (Lipinski definition) is 5. The Bertz CT molecular complexity index is 1000. The number of hydrogen-bond donors (Lipinski definition) is 0. The maximum Gasteiger partial charge on any atom is 0.298 e. The fraction of sp³-hybridized carbons (Fsp3) is 0.217. The van der Waals surface area contributed by atoms with Crippen LogP contribution in [0.5, 0.6) is 11.5 Å². The SMILES string of the molecule is C=CCc1cc(/C=C2/SC(=O)N(c3ccc(Cl)cc3)C2=O)cc(OCC)c1OCC. The molecule has 0 atom stereocenters. The molecule has 0 unspecified atom stereocenters. The van der Waals surface area contributed by atoms with Gasteiger partial charge in [-0.05, 0) is 80.1 Å². The molecule has 2 aromatic rings. The van der Waals surface area contributed by atoms with Gasteiger partial charge in [0.25, 0.3) is 11.1 Å². The van der Waals surface area contributed by atoms with Crippen LogP contribution in [0.1, 0.15) is 25.0 Å². The van der Waals surface area contributed by atoms with Crippen molar-refractivity contribution in [1.82, 2.24) is 0 Å². The van der Waals surface area contributed by atoms with Gasteiger partial charge in [0.05, 0.1) is 23.8 Å². The molecular weight excluding hydrogens is 422 g/mol. The summed E-state index contributed by atoms with van der Waals surface area (Å²) >= 11 is 6.81. The molecule has 1 aliphatic rings. The maximum absolute atomic E-state index is 12.9. The quantitative estimate of drug-likeness (QED) is 0.364. The average molecular weight is 444 g/mol. The highest BCUT2D eigenvalue weighted by molar-refractivity contribution is 8.19. The number of carbonyl (C=O) groups excluding carboxylic acids is 2. The zero-order valence-corrected chi connectivity index (χ0v) is 18.4. The number of thioether (sulfide) groups is 1. The van der Waals surface area contributed by atoms with Crippen LogP contribution in [0.4, 0.5) is 10.5 Å². The van der Waals surface area contributed by atoms with E-state index in [9.17, 15) is 9.59 Å². The Morgan fingerprint density at radius 2 is 1.80 bits per heavy atom. The van der Waals surface area contributed by atoms with Gasteiger partial charge in [0, 0.05) is 10.6 Å². The highest BCUT2D eigenvalue weighted by Crippen LogP contribution is 2.39. The van der Waals surface area contributed by atoms with Crippen LogP contribution in [0.3, 0.4) is 0 Å². The van der Waals surface area contributed by atoms with Crippen LogP contribution in [0.25, 0.3) is 6.08 Å². The van der Waals surface area contributed by atoms with Crippen molar-refractivity contribution < 1.29 is 19.1 Å². The number of benzene rings is 2. The molecule has 0 aromatic heterocycles. The van der Waals surface area contributed by atoms with Gasteiger partial charge in [-0.15, -0.1) is 6.58 Å². The van der Waals surface area contributed by atoms with E-state index in [4.69, 9.17) is 21.1 Å². The Hall–Kier alpha value is -2.70. The minimum Gasteiger partial charge on any atom is -0.490 e. The summed E-state index contributed by atoms with van der Waals surface area (Å²) in [4.78, 5) is 26.9. The van der Waals surface area contributed by atoms with Crippen molar-refractivity contribution >= 4 is 46.3 Å². The third-order valence-corrected chi connectivity index (χ3v) is 5.40. The van der Waals surface area contributed by atoms with Crippen LogP contribution in [0.15, 0.2) is 54.0 Å². The number of halogens is 1. The van der Waals surface area contributed by atoms with E-state index in [1.165, 1.54) is 0 Å². The molecule has 5 nitrogen and oxygen atoms in total. The van der Waals surface area contributed by atoms with E-state index in [0.29, 0.717) is 46.7 Å². The summed E-state index contributed by atoms with van der Waals surface area (Å²) in [6.07, 6.45) is 4.07. The fourth-order valence-electron chi connectivity index (χ4n) is 3.08. The number of allylic oxidation sites excluding steroid dienone is 1. The van der Waals surface area contributed by atoms with Gasteiger partial charge in [-0.25, -0.2) is 4.90 Å². The first-order valence-corrected chi connectivity index (χ1v) is 10.7. The number of carbonyl (C=O) groups is 2. The first-order chi connectivity index (χ1) is 14.5.